The van der Waals surface area contributed by atoms with Crippen molar-refractivity contribution in [2.45, 2.75) is 38.6 Å². The van der Waals surface area contributed by atoms with Gasteiger partial charge in [0.1, 0.15) is 11.4 Å². The quantitative estimate of drug-likeness (QED) is 0.601. The van der Waals surface area contributed by atoms with E-state index in [0.717, 1.165) is 49.2 Å². The van der Waals surface area contributed by atoms with Gasteiger partial charge in [0.25, 0.3) is 0 Å². The van der Waals surface area contributed by atoms with Gasteiger partial charge >= 0.3 is 5.97 Å². The molecule has 3 aromatic heterocycles. The normalized spacial score (nSPS) is 16.4. The second kappa shape index (κ2) is 8.79. The second-order valence-electron chi connectivity index (χ2n) is 7.43. The molecule has 0 unspecified atom stereocenters. The number of rotatable bonds is 7. The summed E-state index contributed by atoms with van der Waals surface area (Å²) in [6.45, 7) is 3.50. The summed E-state index contributed by atoms with van der Waals surface area (Å²) >= 11 is 0. The largest absolute Gasteiger partial charge is 0.462 e. The lowest BCUT2D eigenvalue weighted by atomic mass is 9.99. The first-order chi connectivity index (χ1) is 14.6. The topological polar surface area (TPSA) is 85.8 Å². The summed E-state index contributed by atoms with van der Waals surface area (Å²) in [4.78, 5) is 18.9. The maximum atomic E-state index is 14.1. The van der Waals surface area contributed by atoms with Crippen molar-refractivity contribution in [1.29, 1.82) is 0 Å². The lowest BCUT2D eigenvalue weighted by Crippen LogP contribution is -2.24. The smallest absolute Gasteiger partial charge is 0.341 e. The number of anilines is 1. The number of carbonyl (C=O) groups excluding carboxylic acids is 1. The molecule has 4 rings (SSSR count). The van der Waals surface area contributed by atoms with Crippen LogP contribution in [0.5, 0.6) is 0 Å². The SMILES string of the molecule is CCOC(=O)c1cnn2ccc(N3CCC[C@@H]3c3cc(F)cnc3CCCN)cc12. The van der Waals surface area contributed by atoms with Crippen LogP contribution in [0, 0.1) is 5.82 Å². The van der Waals surface area contributed by atoms with E-state index in [-0.39, 0.29) is 17.8 Å². The maximum Gasteiger partial charge on any atom is 0.341 e. The van der Waals surface area contributed by atoms with E-state index in [1.165, 1.54) is 12.4 Å². The number of halogens is 1. The van der Waals surface area contributed by atoms with Crippen molar-refractivity contribution in [2.24, 2.45) is 5.73 Å². The molecular formula is C22H26FN5O2. The maximum absolute atomic E-state index is 14.1. The van der Waals surface area contributed by atoms with Crippen LogP contribution in [0.25, 0.3) is 5.52 Å². The minimum absolute atomic E-state index is 0.0254. The lowest BCUT2D eigenvalue weighted by Gasteiger charge is -2.28. The van der Waals surface area contributed by atoms with Gasteiger partial charge in [0, 0.05) is 24.1 Å². The summed E-state index contributed by atoms with van der Waals surface area (Å²) in [6.07, 6.45) is 8.08. The standard InChI is InChI=1S/C22H26FN5O2/c1-2-30-22(29)18-14-26-28-10-7-16(12-21(18)28)27-9-4-6-20(27)17-11-15(23)13-25-19(17)5-3-8-24/h7,10-14,20H,2-6,8-9,24H2,1H3/t20-/m1/s1. The van der Waals surface area contributed by atoms with Gasteiger partial charge < -0.3 is 15.4 Å². The van der Waals surface area contributed by atoms with E-state index in [2.05, 4.69) is 15.0 Å². The zero-order valence-corrected chi connectivity index (χ0v) is 17.1. The number of hydrogen-bond acceptors (Lipinski definition) is 6. The first-order valence-corrected chi connectivity index (χ1v) is 10.4. The summed E-state index contributed by atoms with van der Waals surface area (Å²) in [5.74, 6) is -0.717. The van der Waals surface area contributed by atoms with Crippen LogP contribution < -0.4 is 10.6 Å². The number of aromatic nitrogens is 3. The van der Waals surface area contributed by atoms with E-state index in [9.17, 15) is 9.18 Å². The van der Waals surface area contributed by atoms with Crippen LogP contribution in [0.15, 0.2) is 36.8 Å². The minimum Gasteiger partial charge on any atom is -0.462 e. The van der Waals surface area contributed by atoms with Gasteiger partial charge in [-0.25, -0.2) is 13.7 Å². The molecule has 0 aliphatic carbocycles. The molecule has 1 aliphatic heterocycles. The number of carbonyl (C=O) groups is 1. The molecule has 8 heteroatoms. The predicted molar refractivity (Wildman–Crippen MR) is 112 cm³/mol. The summed E-state index contributed by atoms with van der Waals surface area (Å²) in [7, 11) is 0. The van der Waals surface area contributed by atoms with Crippen LogP contribution in [0.3, 0.4) is 0 Å². The van der Waals surface area contributed by atoms with Crippen molar-refractivity contribution in [1.82, 2.24) is 14.6 Å². The molecule has 0 radical (unpaired) electrons. The molecule has 2 N–H and O–H groups in total. The van der Waals surface area contributed by atoms with Crippen molar-refractivity contribution in [2.75, 3.05) is 24.6 Å². The van der Waals surface area contributed by atoms with Gasteiger partial charge in [-0.05, 0) is 62.9 Å². The zero-order chi connectivity index (χ0) is 21.1. The molecule has 1 fully saturated rings. The van der Waals surface area contributed by atoms with Crippen LogP contribution in [0.4, 0.5) is 10.1 Å². The second-order valence-corrected chi connectivity index (χ2v) is 7.43. The number of hydrogen-bond donors (Lipinski definition) is 1. The van der Waals surface area contributed by atoms with Crippen molar-refractivity contribution < 1.29 is 13.9 Å². The Labute approximate surface area is 174 Å². The first kappa shape index (κ1) is 20.3. The first-order valence-electron chi connectivity index (χ1n) is 10.4. The fourth-order valence-electron chi connectivity index (χ4n) is 4.16. The number of esters is 1. The van der Waals surface area contributed by atoms with E-state index in [4.69, 9.17) is 10.5 Å². The van der Waals surface area contributed by atoms with Crippen LogP contribution in [-0.2, 0) is 11.2 Å². The summed E-state index contributed by atoms with van der Waals surface area (Å²) < 4.78 is 20.9. The molecule has 0 bridgehead atoms. The summed E-state index contributed by atoms with van der Waals surface area (Å²) in [5.41, 5.74) is 9.58. The highest BCUT2D eigenvalue weighted by atomic mass is 19.1. The number of nitrogens with two attached hydrogens (primary N) is 1. The molecule has 1 saturated heterocycles. The minimum atomic E-state index is -0.388. The Morgan fingerprint density at radius 3 is 3.03 bits per heavy atom. The van der Waals surface area contributed by atoms with Crippen LogP contribution in [-0.4, -0.2) is 40.3 Å². The fourth-order valence-corrected chi connectivity index (χ4v) is 4.16. The van der Waals surface area contributed by atoms with Crippen molar-refractivity contribution in [3.8, 4) is 0 Å². The number of aryl methyl sites for hydroxylation is 1. The fraction of sp³-hybridized carbons (Fsp3) is 0.409. The molecule has 0 spiro atoms. The van der Waals surface area contributed by atoms with Crippen LogP contribution >= 0.6 is 0 Å². The predicted octanol–water partition coefficient (Wildman–Crippen LogP) is 3.28. The molecule has 4 heterocycles. The lowest BCUT2D eigenvalue weighted by molar-refractivity contribution is 0.0528. The van der Waals surface area contributed by atoms with E-state index >= 15 is 0 Å². The zero-order valence-electron chi connectivity index (χ0n) is 17.1. The van der Waals surface area contributed by atoms with Gasteiger partial charge in [0.2, 0.25) is 0 Å². The molecule has 3 aromatic rings. The molecule has 0 aromatic carbocycles. The monoisotopic (exact) mass is 411 g/mol. The van der Waals surface area contributed by atoms with Crippen molar-refractivity contribution in [3.63, 3.8) is 0 Å². The molecule has 0 saturated carbocycles. The van der Waals surface area contributed by atoms with E-state index < -0.39 is 0 Å². The average Bonchev–Trinajstić information content (AvgIpc) is 3.39. The van der Waals surface area contributed by atoms with Gasteiger partial charge in [-0.3, -0.25) is 4.98 Å². The van der Waals surface area contributed by atoms with Crippen LogP contribution in [0.1, 0.15) is 53.8 Å². The highest BCUT2D eigenvalue weighted by molar-refractivity contribution is 5.97. The number of pyridine rings is 2. The molecule has 30 heavy (non-hydrogen) atoms. The Hall–Kier alpha value is -3.00. The summed E-state index contributed by atoms with van der Waals surface area (Å²) in [5, 5.41) is 4.25. The van der Waals surface area contributed by atoms with E-state index in [0.29, 0.717) is 24.2 Å². The Kier molecular flexibility index (Phi) is 5.94. The average molecular weight is 411 g/mol. The molecule has 1 aliphatic rings. The summed E-state index contributed by atoms with van der Waals surface area (Å²) in [6, 6.07) is 5.55. The Bertz CT molecular complexity index is 1050. The highest BCUT2D eigenvalue weighted by Crippen LogP contribution is 2.38. The van der Waals surface area contributed by atoms with Crippen molar-refractivity contribution >= 4 is 17.2 Å². The Morgan fingerprint density at radius 2 is 2.23 bits per heavy atom. The van der Waals surface area contributed by atoms with Gasteiger partial charge in [-0.1, -0.05) is 0 Å². The third kappa shape index (κ3) is 3.87. The van der Waals surface area contributed by atoms with E-state index in [1.54, 1.807) is 17.5 Å². The Balaban J connectivity index is 1.70. The van der Waals surface area contributed by atoms with Gasteiger partial charge in [0.15, 0.2) is 0 Å². The third-order valence-corrected chi connectivity index (χ3v) is 5.53. The highest BCUT2D eigenvalue weighted by Gasteiger charge is 2.29. The molecule has 7 nitrogen and oxygen atoms in total. The van der Waals surface area contributed by atoms with Gasteiger partial charge in [-0.15, -0.1) is 0 Å². The molecular weight excluding hydrogens is 385 g/mol. The molecule has 1 atom stereocenters. The third-order valence-electron chi connectivity index (χ3n) is 5.53. The van der Waals surface area contributed by atoms with Crippen LogP contribution in [0.2, 0.25) is 0 Å². The number of fused-ring (bicyclic) bond motifs is 1. The van der Waals surface area contributed by atoms with Crippen molar-refractivity contribution in [3.05, 3.63) is 59.4 Å². The molecule has 0 amide bonds. The number of nitrogens with zero attached hydrogens (tertiary/aromatic N) is 4. The van der Waals surface area contributed by atoms with Gasteiger partial charge in [0.05, 0.1) is 30.6 Å². The Morgan fingerprint density at radius 1 is 1.37 bits per heavy atom. The number of ether oxygens (including phenoxy) is 1. The molecule has 158 valence electrons. The van der Waals surface area contributed by atoms with E-state index in [1.807, 2.05) is 18.3 Å². The van der Waals surface area contributed by atoms with Gasteiger partial charge in [-0.2, -0.15) is 5.10 Å².